The zero-order valence-corrected chi connectivity index (χ0v) is 8.77. The van der Waals surface area contributed by atoms with Gasteiger partial charge in [0.2, 0.25) is 0 Å². The van der Waals surface area contributed by atoms with E-state index < -0.39 is 0 Å². The van der Waals surface area contributed by atoms with Crippen molar-refractivity contribution in [2.45, 2.75) is 0 Å². The van der Waals surface area contributed by atoms with E-state index in [9.17, 15) is 0 Å². The van der Waals surface area contributed by atoms with Gasteiger partial charge in [0.25, 0.3) is 0 Å². The predicted octanol–water partition coefficient (Wildman–Crippen LogP) is 1.96. The highest BCUT2D eigenvalue weighted by Gasteiger charge is 2.06. The first-order valence-corrected chi connectivity index (χ1v) is 4.39. The van der Waals surface area contributed by atoms with E-state index >= 15 is 0 Å². The molecule has 0 aliphatic carbocycles. The summed E-state index contributed by atoms with van der Waals surface area (Å²) in [4.78, 5) is 3.89. The van der Waals surface area contributed by atoms with E-state index in [1.54, 1.807) is 7.05 Å². The maximum Gasteiger partial charge on any atom is 0.139 e. The van der Waals surface area contributed by atoms with Crippen LogP contribution in [0.25, 0.3) is 0 Å². The van der Waals surface area contributed by atoms with Crippen LogP contribution in [-0.4, -0.2) is 12.0 Å². The molecule has 1 heterocycles. The lowest BCUT2D eigenvalue weighted by molar-refractivity contribution is 1.30. The van der Waals surface area contributed by atoms with Gasteiger partial charge < -0.3 is 11.1 Å². The number of nitrogens with zero attached hydrogens (tertiary/aromatic N) is 1. The van der Waals surface area contributed by atoms with Crippen molar-refractivity contribution in [2.75, 3.05) is 18.1 Å². The summed E-state index contributed by atoms with van der Waals surface area (Å²) in [5.41, 5.74) is 6.38. The Bertz CT molecular complexity index is 277. The number of hydrogen-bond donors (Lipinski definition) is 2. The molecule has 0 amide bonds. The van der Waals surface area contributed by atoms with Crippen LogP contribution in [-0.2, 0) is 0 Å². The quantitative estimate of drug-likeness (QED) is 0.775. The average Bonchev–Trinajstić information content (AvgIpc) is 1.99. The van der Waals surface area contributed by atoms with E-state index in [1.807, 2.05) is 0 Å². The molecule has 0 saturated heterocycles. The van der Waals surface area contributed by atoms with Crippen LogP contribution >= 0.6 is 34.2 Å². The van der Waals surface area contributed by atoms with Gasteiger partial charge in [0, 0.05) is 7.05 Å². The third-order valence-electron chi connectivity index (χ3n) is 1.25. The van der Waals surface area contributed by atoms with Gasteiger partial charge in [0.1, 0.15) is 5.82 Å². The minimum Gasteiger partial charge on any atom is -0.386 e. The fourth-order valence-electron chi connectivity index (χ4n) is 0.710. The maximum absolute atomic E-state index is 5.82. The number of nitrogens with two attached hydrogens (primary N) is 1. The highest BCUT2D eigenvalue weighted by atomic mass is 127. The predicted molar refractivity (Wildman–Crippen MR) is 55.9 cm³/mol. The van der Waals surface area contributed by atoms with E-state index in [4.69, 9.17) is 17.3 Å². The number of rotatable bonds is 1. The van der Waals surface area contributed by atoms with Crippen molar-refractivity contribution < 1.29 is 0 Å². The Balaban J connectivity index is 3.29. The summed E-state index contributed by atoms with van der Waals surface area (Å²) in [5.74, 6) is 0.499. The van der Waals surface area contributed by atoms with Crippen molar-refractivity contribution in [1.29, 1.82) is 0 Å². The molecule has 1 aromatic heterocycles. The molecule has 1 aromatic rings. The smallest absolute Gasteiger partial charge is 0.139 e. The Morgan fingerprint density at radius 2 is 2.36 bits per heavy atom. The summed E-state index contributed by atoms with van der Waals surface area (Å²) >= 11 is 7.91. The summed E-state index contributed by atoms with van der Waals surface area (Å²) in [6, 6.07) is 0. The lowest BCUT2D eigenvalue weighted by Gasteiger charge is -2.06. The molecule has 3 N–H and O–H groups in total. The molecule has 0 unspecified atom stereocenters. The second-order valence-electron chi connectivity index (χ2n) is 1.93. The Morgan fingerprint density at radius 1 is 1.73 bits per heavy atom. The lowest BCUT2D eigenvalue weighted by atomic mass is 10.4. The molecule has 0 aliphatic heterocycles. The standard InChI is InChI=1S/C6H7ClIN3/c1-10-5-3(7)2-11-6(9)4(5)8/h2H,1H3,(H3,9,10,11). The van der Waals surface area contributed by atoms with Crippen LogP contribution in [0.1, 0.15) is 0 Å². The maximum atomic E-state index is 5.82. The topological polar surface area (TPSA) is 50.9 Å². The van der Waals surface area contributed by atoms with Crippen molar-refractivity contribution in [1.82, 2.24) is 4.98 Å². The second kappa shape index (κ2) is 3.44. The van der Waals surface area contributed by atoms with Gasteiger partial charge in [-0.1, -0.05) is 11.6 Å². The van der Waals surface area contributed by atoms with E-state index in [2.05, 4.69) is 32.9 Å². The Morgan fingerprint density at radius 3 is 2.82 bits per heavy atom. The number of anilines is 2. The van der Waals surface area contributed by atoms with Crippen LogP contribution in [0.5, 0.6) is 0 Å². The van der Waals surface area contributed by atoms with Crippen LogP contribution in [0.15, 0.2) is 6.20 Å². The Hall–Kier alpha value is -0.230. The number of aromatic nitrogens is 1. The van der Waals surface area contributed by atoms with Gasteiger partial charge in [-0.25, -0.2) is 4.98 Å². The van der Waals surface area contributed by atoms with Crippen LogP contribution in [0.3, 0.4) is 0 Å². The number of pyridine rings is 1. The molecule has 0 aliphatic rings. The number of nitrogens with one attached hydrogen (secondary N) is 1. The molecule has 0 spiro atoms. The average molecular weight is 284 g/mol. The van der Waals surface area contributed by atoms with Crippen LogP contribution in [0, 0.1) is 3.57 Å². The Kier molecular flexibility index (Phi) is 2.78. The molecule has 0 aromatic carbocycles. The SMILES string of the molecule is CNc1c(Cl)cnc(N)c1I. The summed E-state index contributed by atoms with van der Waals surface area (Å²) in [6.07, 6.45) is 1.53. The largest absolute Gasteiger partial charge is 0.386 e. The highest BCUT2D eigenvalue weighted by Crippen LogP contribution is 2.29. The van der Waals surface area contributed by atoms with Crippen LogP contribution < -0.4 is 11.1 Å². The van der Waals surface area contributed by atoms with Crippen molar-refractivity contribution in [3.8, 4) is 0 Å². The lowest BCUT2D eigenvalue weighted by Crippen LogP contribution is -1.99. The monoisotopic (exact) mass is 283 g/mol. The minimum atomic E-state index is 0.499. The molecular formula is C6H7ClIN3. The van der Waals surface area contributed by atoms with Crippen molar-refractivity contribution in [3.63, 3.8) is 0 Å². The molecule has 0 fully saturated rings. The fraction of sp³-hybridized carbons (Fsp3) is 0.167. The fourth-order valence-corrected chi connectivity index (χ4v) is 1.81. The zero-order valence-electron chi connectivity index (χ0n) is 5.86. The summed E-state index contributed by atoms with van der Waals surface area (Å²) in [6.45, 7) is 0. The van der Waals surface area contributed by atoms with E-state index in [0.717, 1.165) is 9.26 Å². The van der Waals surface area contributed by atoms with Gasteiger partial charge in [0.15, 0.2) is 0 Å². The first-order chi connectivity index (χ1) is 5.16. The van der Waals surface area contributed by atoms with Gasteiger partial charge >= 0.3 is 0 Å². The molecule has 0 atom stereocenters. The first kappa shape index (κ1) is 8.86. The summed E-state index contributed by atoms with van der Waals surface area (Å²) in [5, 5.41) is 3.53. The molecule has 3 nitrogen and oxygen atoms in total. The van der Waals surface area contributed by atoms with Crippen molar-refractivity contribution in [2.24, 2.45) is 0 Å². The molecule has 0 saturated carbocycles. The minimum absolute atomic E-state index is 0.499. The van der Waals surface area contributed by atoms with E-state index in [1.165, 1.54) is 6.20 Å². The van der Waals surface area contributed by atoms with Gasteiger partial charge in [-0.15, -0.1) is 0 Å². The Labute approximate surface area is 83.5 Å². The highest BCUT2D eigenvalue weighted by molar-refractivity contribution is 14.1. The second-order valence-corrected chi connectivity index (χ2v) is 3.42. The molecule has 11 heavy (non-hydrogen) atoms. The van der Waals surface area contributed by atoms with Gasteiger partial charge in [0.05, 0.1) is 20.5 Å². The molecule has 5 heteroatoms. The van der Waals surface area contributed by atoms with E-state index in [0.29, 0.717) is 10.8 Å². The third-order valence-corrected chi connectivity index (χ3v) is 2.63. The third kappa shape index (κ3) is 1.67. The first-order valence-electron chi connectivity index (χ1n) is 2.94. The van der Waals surface area contributed by atoms with E-state index in [-0.39, 0.29) is 0 Å². The molecule has 1 rings (SSSR count). The van der Waals surface area contributed by atoms with Crippen LogP contribution in [0.2, 0.25) is 5.02 Å². The summed E-state index contributed by atoms with van der Waals surface area (Å²) in [7, 11) is 1.79. The number of halogens is 2. The zero-order chi connectivity index (χ0) is 8.43. The molecule has 0 bridgehead atoms. The van der Waals surface area contributed by atoms with Crippen LogP contribution in [0.4, 0.5) is 11.5 Å². The van der Waals surface area contributed by atoms with Crippen molar-refractivity contribution in [3.05, 3.63) is 14.8 Å². The van der Waals surface area contributed by atoms with Gasteiger partial charge in [-0.05, 0) is 22.6 Å². The van der Waals surface area contributed by atoms with Crippen molar-refractivity contribution >= 4 is 45.7 Å². The number of nitrogen functional groups attached to an aromatic ring is 1. The van der Waals surface area contributed by atoms with Gasteiger partial charge in [-0.2, -0.15) is 0 Å². The number of hydrogen-bond acceptors (Lipinski definition) is 3. The molecular weight excluding hydrogens is 276 g/mol. The molecule has 0 radical (unpaired) electrons. The van der Waals surface area contributed by atoms with Gasteiger partial charge in [-0.3, -0.25) is 0 Å². The molecule has 60 valence electrons. The normalized spacial score (nSPS) is 9.73. The summed E-state index contributed by atoms with van der Waals surface area (Å²) < 4.78 is 0.859.